The van der Waals surface area contributed by atoms with E-state index in [4.69, 9.17) is 10.5 Å². The van der Waals surface area contributed by atoms with Gasteiger partial charge in [0.15, 0.2) is 0 Å². The van der Waals surface area contributed by atoms with Crippen LogP contribution >= 0.6 is 15.9 Å². The van der Waals surface area contributed by atoms with Crippen molar-refractivity contribution in [1.82, 2.24) is 0 Å². The van der Waals surface area contributed by atoms with Gasteiger partial charge in [0.05, 0.1) is 4.92 Å². The van der Waals surface area contributed by atoms with Gasteiger partial charge in [0, 0.05) is 17.3 Å². The Morgan fingerprint density at radius 2 is 2.10 bits per heavy atom. The zero-order valence-corrected chi connectivity index (χ0v) is 12.4. The maximum atomic E-state index is 10.9. The molecule has 0 spiro atoms. The summed E-state index contributed by atoms with van der Waals surface area (Å²) in [7, 11) is 0. The van der Waals surface area contributed by atoms with Crippen LogP contribution in [0.15, 0.2) is 40.9 Å². The first-order valence-corrected chi connectivity index (χ1v) is 6.69. The minimum atomic E-state index is -0.429. The van der Waals surface area contributed by atoms with Gasteiger partial charge in [-0.15, -0.1) is 0 Å². The number of halogens is 1. The van der Waals surface area contributed by atoms with Gasteiger partial charge in [0.1, 0.15) is 16.8 Å². The fourth-order valence-electron chi connectivity index (χ4n) is 1.81. The van der Waals surface area contributed by atoms with Gasteiger partial charge in [-0.3, -0.25) is 10.1 Å². The van der Waals surface area contributed by atoms with Crippen LogP contribution in [0.2, 0.25) is 0 Å². The lowest BCUT2D eigenvalue weighted by atomic mass is 10.2. The van der Waals surface area contributed by atoms with Gasteiger partial charge < -0.3 is 10.5 Å². The molecule has 2 rings (SSSR count). The SMILES string of the molecule is Cc1cc(N)ccc1OCc1cccc([N+](=O)[O-])c1Br. The lowest BCUT2D eigenvalue weighted by Gasteiger charge is -2.10. The molecule has 2 aromatic carbocycles. The molecule has 0 aliphatic heterocycles. The average Bonchev–Trinajstić information content (AvgIpc) is 2.39. The smallest absolute Gasteiger partial charge is 0.283 e. The molecule has 20 heavy (non-hydrogen) atoms. The Hall–Kier alpha value is -2.08. The maximum absolute atomic E-state index is 10.9. The number of anilines is 1. The van der Waals surface area contributed by atoms with E-state index in [-0.39, 0.29) is 12.3 Å². The van der Waals surface area contributed by atoms with E-state index in [0.717, 1.165) is 11.1 Å². The number of nitro groups is 1. The van der Waals surface area contributed by atoms with Gasteiger partial charge >= 0.3 is 0 Å². The second kappa shape index (κ2) is 5.92. The summed E-state index contributed by atoms with van der Waals surface area (Å²) < 4.78 is 6.13. The standard InChI is InChI=1S/C14H13BrN2O3/c1-9-7-11(16)5-6-13(9)20-8-10-3-2-4-12(14(10)15)17(18)19/h2-7H,8,16H2,1H3. The maximum Gasteiger partial charge on any atom is 0.283 e. The number of nitro benzene ring substituents is 1. The quantitative estimate of drug-likeness (QED) is 0.522. The van der Waals surface area contributed by atoms with E-state index in [0.29, 0.717) is 15.9 Å². The zero-order chi connectivity index (χ0) is 14.7. The molecule has 0 saturated carbocycles. The van der Waals surface area contributed by atoms with E-state index in [9.17, 15) is 10.1 Å². The first-order valence-electron chi connectivity index (χ1n) is 5.89. The molecule has 6 heteroatoms. The van der Waals surface area contributed by atoms with E-state index >= 15 is 0 Å². The third-order valence-corrected chi connectivity index (χ3v) is 3.75. The highest BCUT2D eigenvalue weighted by molar-refractivity contribution is 9.10. The van der Waals surface area contributed by atoms with E-state index in [1.54, 1.807) is 24.3 Å². The number of hydrogen-bond acceptors (Lipinski definition) is 4. The molecule has 104 valence electrons. The van der Waals surface area contributed by atoms with Crippen molar-refractivity contribution in [2.24, 2.45) is 0 Å². The number of nitrogens with zero attached hydrogens (tertiary/aromatic N) is 1. The van der Waals surface area contributed by atoms with Crippen LogP contribution < -0.4 is 10.5 Å². The molecule has 5 nitrogen and oxygen atoms in total. The predicted molar refractivity (Wildman–Crippen MR) is 80.7 cm³/mol. The van der Waals surface area contributed by atoms with Crippen LogP contribution in [0, 0.1) is 17.0 Å². The molecular weight excluding hydrogens is 324 g/mol. The fourth-order valence-corrected chi connectivity index (χ4v) is 2.33. The number of ether oxygens (including phenoxy) is 1. The van der Waals surface area contributed by atoms with Crippen molar-refractivity contribution in [1.29, 1.82) is 0 Å². The molecule has 0 amide bonds. The summed E-state index contributed by atoms with van der Waals surface area (Å²) >= 11 is 3.24. The minimum Gasteiger partial charge on any atom is -0.489 e. The molecule has 2 N–H and O–H groups in total. The number of aryl methyl sites for hydroxylation is 1. The molecular formula is C14H13BrN2O3. The lowest BCUT2D eigenvalue weighted by Crippen LogP contribution is -2.00. The second-order valence-corrected chi connectivity index (χ2v) is 5.11. The van der Waals surface area contributed by atoms with Gasteiger partial charge in [0.2, 0.25) is 0 Å². The molecule has 0 aliphatic rings. The number of nitrogens with two attached hydrogens (primary N) is 1. The Labute approximate surface area is 124 Å². The molecule has 0 aromatic heterocycles. The first-order chi connectivity index (χ1) is 9.49. The molecule has 0 saturated heterocycles. The lowest BCUT2D eigenvalue weighted by molar-refractivity contribution is -0.385. The summed E-state index contributed by atoms with van der Waals surface area (Å²) in [6, 6.07) is 10.2. The summed E-state index contributed by atoms with van der Waals surface area (Å²) in [5.74, 6) is 0.706. The molecule has 0 aliphatic carbocycles. The Balaban J connectivity index is 2.19. The molecule has 0 fully saturated rings. The van der Waals surface area contributed by atoms with E-state index in [1.807, 2.05) is 13.0 Å². The summed E-state index contributed by atoms with van der Waals surface area (Å²) in [6.45, 7) is 2.14. The van der Waals surface area contributed by atoms with Crippen LogP contribution in [0.25, 0.3) is 0 Å². The van der Waals surface area contributed by atoms with Crippen LogP contribution in [0.1, 0.15) is 11.1 Å². The van der Waals surface area contributed by atoms with Crippen molar-refractivity contribution in [2.75, 3.05) is 5.73 Å². The van der Waals surface area contributed by atoms with Gasteiger partial charge in [-0.1, -0.05) is 12.1 Å². The number of rotatable bonds is 4. The highest BCUT2D eigenvalue weighted by Crippen LogP contribution is 2.29. The van der Waals surface area contributed by atoms with E-state index in [2.05, 4.69) is 15.9 Å². The monoisotopic (exact) mass is 336 g/mol. The zero-order valence-electron chi connectivity index (χ0n) is 10.8. The largest absolute Gasteiger partial charge is 0.489 e. The van der Waals surface area contributed by atoms with Gasteiger partial charge in [-0.25, -0.2) is 0 Å². The molecule has 0 atom stereocenters. The van der Waals surface area contributed by atoms with Crippen molar-refractivity contribution >= 4 is 27.3 Å². The summed E-state index contributed by atoms with van der Waals surface area (Å²) in [4.78, 5) is 10.4. The fraction of sp³-hybridized carbons (Fsp3) is 0.143. The molecule has 0 bridgehead atoms. The van der Waals surface area contributed by atoms with Crippen LogP contribution in [0.4, 0.5) is 11.4 Å². The number of nitrogen functional groups attached to an aromatic ring is 1. The van der Waals surface area contributed by atoms with Crippen LogP contribution in [-0.4, -0.2) is 4.92 Å². The third kappa shape index (κ3) is 3.08. The van der Waals surface area contributed by atoms with E-state index < -0.39 is 4.92 Å². The molecule has 0 heterocycles. The van der Waals surface area contributed by atoms with Crippen LogP contribution in [0.5, 0.6) is 5.75 Å². The highest BCUT2D eigenvalue weighted by atomic mass is 79.9. The average molecular weight is 337 g/mol. The summed E-state index contributed by atoms with van der Waals surface area (Å²) in [5.41, 5.74) is 8.02. The Kier molecular flexibility index (Phi) is 4.24. The van der Waals surface area contributed by atoms with Crippen LogP contribution in [-0.2, 0) is 6.61 Å². The molecule has 2 aromatic rings. The Morgan fingerprint density at radius 1 is 1.35 bits per heavy atom. The third-order valence-electron chi connectivity index (χ3n) is 2.84. The Bertz CT molecular complexity index is 659. The van der Waals surface area contributed by atoms with Gasteiger partial charge in [0.25, 0.3) is 5.69 Å². The van der Waals surface area contributed by atoms with Crippen LogP contribution in [0.3, 0.4) is 0 Å². The summed E-state index contributed by atoms with van der Waals surface area (Å²) in [5, 5.41) is 10.9. The van der Waals surface area contributed by atoms with Gasteiger partial charge in [-0.05, 0) is 46.6 Å². The molecule has 0 unspecified atom stereocenters. The highest BCUT2D eigenvalue weighted by Gasteiger charge is 2.15. The van der Waals surface area contributed by atoms with Crippen molar-refractivity contribution in [3.8, 4) is 5.75 Å². The number of benzene rings is 2. The van der Waals surface area contributed by atoms with Crippen molar-refractivity contribution < 1.29 is 9.66 Å². The summed E-state index contributed by atoms with van der Waals surface area (Å²) in [6.07, 6.45) is 0. The topological polar surface area (TPSA) is 78.4 Å². The predicted octanol–water partition coefficient (Wildman–Crippen LogP) is 3.83. The van der Waals surface area contributed by atoms with Crippen molar-refractivity contribution in [2.45, 2.75) is 13.5 Å². The van der Waals surface area contributed by atoms with Crippen molar-refractivity contribution in [3.63, 3.8) is 0 Å². The minimum absolute atomic E-state index is 0.0279. The first kappa shape index (κ1) is 14.3. The number of hydrogen-bond donors (Lipinski definition) is 1. The second-order valence-electron chi connectivity index (χ2n) is 4.32. The molecule has 0 radical (unpaired) electrons. The Morgan fingerprint density at radius 3 is 2.75 bits per heavy atom. The normalized spacial score (nSPS) is 10.3. The van der Waals surface area contributed by atoms with E-state index in [1.165, 1.54) is 6.07 Å². The van der Waals surface area contributed by atoms with Gasteiger partial charge in [-0.2, -0.15) is 0 Å². The van der Waals surface area contributed by atoms with Crippen molar-refractivity contribution in [3.05, 3.63) is 62.1 Å².